The zero-order valence-electron chi connectivity index (χ0n) is 17.5. The van der Waals surface area contributed by atoms with Crippen LogP contribution in [0.1, 0.15) is 26.3 Å². The van der Waals surface area contributed by atoms with Crippen molar-refractivity contribution in [2.75, 3.05) is 21.3 Å². The maximum absolute atomic E-state index is 12.6. The third kappa shape index (κ3) is 5.30. The molecule has 0 bridgehead atoms. The summed E-state index contributed by atoms with van der Waals surface area (Å²) in [4.78, 5) is 24.9. The van der Waals surface area contributed by atoms with Crippen LogP contribution in [0.15, 0.2) is 72.8 Å². The lowest BCUT2D eigenvalue weighted by Crippen LogP contribution is -2.10. The largest absolute Gasteiger partial charge is 0.493 e. The Balaban J connectivity index is 1.71. The number of benzene rings is 3. The Bertz CT molecular complexity index is 1060. The van der Waals surface area contributed by atoms with Gasteiger partial charge in [0.2, 0.25) is 5.75 Å². The molecule has 0 radical (unpaired) electrons. The van der Waals surface area contributed by atoms with Crippen molar-refractivity contribution in [2.24, 2.45) is 0 Å². The van der Waals surface area contributed by atoms with Crippen LogP contribution < -0.4 is 18.9 Å². The van der Waals surface area contributed by atoms with E-state index in [4.69, 9.17) is 18.9 Å². The number of esters is 1. The molecule has 0 saturated heterocycles. The number of hydrogen-bond donors (Lipinski definition) is 0. The molecule has 3 aromatic carbocycles. The molecule has 3 rings (SSSR count). The van der Waals surface area contributed by atoms with Crippen molar-refractivity contribution in [3.05, 3.63) is 89.5 Å². The van der Waals surface area contributed by atoms with Crippen molar-refractivity contribution in [1.82, 2.24) is 0 Å². The van der Waals surface area contributed by atoms with Gasteiger partial charge in [-0.05, 0) is 48.0 Å². The summed E-state index contributed by atoms with van der Waals surface area (Å²) >= 11 is 0. The molecule has 0 aromatic heterocycles. The molecule has 3 aromatic rings. The number of ether oxygens (including phenoxy) is 4. The van der Waals surface area contributed by atoms with Crippen LogP contribution in [0.4, 0.5) is 0 Å². The molecule has 158 valence electrons. The van der Waals surface area contributed by atoms with E-state index in [1.165, 1.54) is 39.5 Å². The first-order valence-corrected chi connectivity index (χ1v) is 9.45. The third-order valence-corrected chi connectivity index (χ3v) is 4.48. The maximum atomic E-state index is 12.6. The Morgan fingerprint density at radius 2 is 1.35 bits per heavy atom. The molecular formula is C25H22O6. The first kappa shape index (κ1) is 21.6. The minimum Gasteiger partial charge on any atom is -0.493 e. The maximum Gasteiger partial charge on any atom is 0.343 e. The van der Waals surface area contributed by atoms with Gasteiger partial charge in [0, 0.05) is 5.56 Å². The second-order valence-electron chi connectivity index (χ2n) is 6.44. The summed E-state index contributed by atoms with van der Waals surface area (Å²) in [5, 5.41) is 0. The Hall–Kier alpha value is -4.06. The molecule has 0 spiro atoms. The van der Waals surface area contributed by atoms with Crippen LogP contribution in [0, 0.1) is 0 Å². The van der Waals surface area contributed by atoms with Crippen LogP contribution in [0.5, 0.6) is 23.0 Å². The van der Waals surface area contributed by atoms with E-state index in [2.05, 4.69) is 0 Å². The SMILES string of the molecule is COc1cc(C(=O)Oc2ccc(C(=O)C=Cc3ccccc3)cc2)cc(OC)c1OC. The molecule has 0 saturated carbocycles. The standard InChI is InChI=1S/C25H22O6/c1-28-22-15-19(16-23(29-2)24(22)30-3)25(27)31-20-12-10-18(11-13-20)21(26)14-9-17-7-5-4-6-8-17/h4-16H,1-3H3. The van der Waals surface area contributed by atoms with E-state index in [0.29, 0.717) is 28.6 Å². The van der Waals surface area contributed by atoms with Crippen molar-refractivity contribution in [3.63, 3.8) is 0 Å². The number of ketones is 1. The highest BCUT2D eigenvalue weighted by atomic mass is 16.5. The smallest absolute Gasteiger partial charge is 0.343 e. The molecule has 6 heteroatoms. The first-order valence-electron chi connectivity index (χ1n) is 9.45. The van der Waals surface area contributed by atoms with E-state index in [1.807, 2.05) is 30.3 Å². The molecular weight excluding hydrogens is 396 g/mol. The van der Waals surface area contributed by atoms with Crippen LogP contribution >= 0.6 is 0 Å². The van der Waals surface area contributed by atoms with E-state index in [-0.39, 0.29) is 11.3 Å². The highest BCUT2D eigenvalue weighted by molar-refractivity contribution is 6.06. The molecule has 6 nitrogen and oxygen atoms in total. The summed E-state index contributed by atoms with van der Waals surface area (Å²) in [7, 11) is 4.42. The van der Waals surface area contributed by atoms with Gasteiger partial charge in [-0.15, -0.1) is 0 Å². The van der Waals surface area contributed by atoms with Gasteiger partial charge < -0.3 is 18.9 Å². The van der Waals surface area contributed by atoms with Crippen molar-refractivity contribution < 1.29 is 28.5 Å². The second-order valence-corrected chi connectivity index (χ2v) is 6.44. The van der Waals surface area contributed by atoms with E-state index in [0.717, 1.165) is 5.56 Å². The number of methoxy groups -OCH3 is 3. The number of allylic oxidation sites excluding steroid dienone is 1. The third-order valence-electron chi connectivity index (χ3n) is 4.48. The first-order chi connectivity index (χ1) is 15.0. The van der Waals surface area contributed by atoms with E-state index < -0.39 is 5.97 Å². The molecule has 0 unspecified atom stereocenters. The van der Waals surface area contributed by atoms with E-state index in [1.54, 1.807) is 30.3 Å². The lowest BCUT2D eigenvalue weighted by molar-refractivity contribution is 0.0733. The molecule has 0 amide bonds. The molecule has 0 aliphatic heterocycles. The minimum absolute atomic E-state index is 0.147. The monoisotopic (exact) mass is 418 g/mol. The lowest BCUT2D eigenvalue weighted by Gasteiger charge is -2.13. The summed E-state index contributed by atoms with van der Waals surface area (Å²) in [5.41, 5.74) is 1.66. The molecule has 0 aliphatic carbocycles. The number of rotatable bonds is 8. The predicted octanol–water partition coefficient (Wildman–Crippen LogP) is 4.83. The fourth-order valence-corrected chi connectivity index (χ4v) is 2.88. The van der Waals surface area contributed by atoms with Crippen molar-refractivity contribution in [3.8, 4) is 23.0 Å². The average Bonchev–Trinajstić information content (AvgIpc) is 2.82. The van der Waals surface area contributed by atoms with Gasteiger partial charge in [0.05, 0.1) is 26.9 Å². The van der Waals surface area contributed by atoms with Crippen molar-refractivity contribution in [1.29, 1.82) is 0 Å². The lowest BCUT2D eigenvalue weighted by atomic mass is 10.1. The number of carbonyl (C=O) groups excluding carboxylic acids is 2. The van der Waals surface area contributed by atoms with Crippen LogP contribution in [0.25, 0.3) is 6.08 Å². The summed E-state index contributed by atoms with van der Waals surface area (Å²) in [6.07, 6.45) is 3.26. The molecule has 0 N–H and O–H groups in total. The van der Waals surface area contributed by atoms with Crippen LogP contribution in [0.3, 0.4) is 0 Å². The topological polar surface area (TPSA) is 71.1 Å². The Kier molecular flexibility index (Phi) is 7.06. The minimum atomic E-state index is -0.595. The number of carbonyl (C=O) groups is 2. The normalized spacial score (nSPS) is 10.5. The highest BCUT2D eigenvalue weighted by Gasteiger charge is 2.18. The van der Waals surface area contributed by atoms with Crippen molar-refractivity contribution >= 4 is 17.8 Å². The van der Waals surface area contributed by atoms with Gasteiger partial charge >= 0.3 is 5.97 Å². The molecule has 0 aliphatic rings. The van der Waals surface area contributed by atoms with Crippen molar-refractivity contribution in [2.45, 2.75) is 0 Å². The zero-order chi connectivity index (χ0) is 22.2. The van der Waals surface area contributed by atoms with Gasteiger partial charge in [0.25, 0.3) is 0 Å². The van der Waals surface area contributed by atoms with Gasteiger partial charge in [-0.1, -0.05) is 36.4 Å². The van der Waals surface area contributed by atoms with E-state index in [9.17, 15) is 9.59 Å². The van der Waals surface area contributed by atoms with E-state index >= 15 is 0 Å². The Morgan fingerprint density at radius 1 is 0.742 bits per heavy atom. The van der Waals surface area contributed by atoms with Crippen LogP contribution in [0.2, 0.25) is 0 Å². The zero-order valence-corrected chi connectivity index (χ0v) is 17.5. The van der Waals surface area contributed by atoms with Gasteiger partial charge in [0.1, 0.15) is 5.75 Å². The molecule has 0 fully saturated rings. The van der Waals surface area contributed by atoms with Crippen LogP contribution in [-0.2, 0) is 0 Å². The quantitative estimate of drug-likeness (QED) is 0.226. The fourth-order valence-electron chi connectivity index (χ4n) is 2.88. The summed E-state index contributed by atoms with van der Waals surface area (Å²) in [6.45, 7) is 0. The summed E-state index contributed by atoms with van der Waals surface area (Å²) in [5.74, 6) is 0.642. The Morgan fingerprint density at radius 3 is 1.90 bits per heavy atom. The molecule has 0 heterocycles. The van der Waals surface area contributed by atoms with Crippen LogP contribution in [-0.4, -0.2) is 33.1 Å². The summed E-state index contributed by atoms with van der Waals surface area (Å²) in [6, 6.07) is 18.9. The molecule has 31 heavy (non-hydrogen) atoms. The molecule has 0 atom stereocenters. The second kappa shape index (κ2) is 10.1. The van der Waals surface area contributed by atoms with Gasteiger partial charge in [0.15, 0.2) is 17.3 Å². The number of hydrogen-bond acceptors (Lipinski definition) is 6. The average molecular weight is 418 g/mol. The fraction of sp³-hybridized carbons (Fsp3) is 0.120. The summed E-state index contributed by atoms with van der Waals surface area (Å²) < 4.78 is 21.2. The van der Waals surface area contributed by atoms with Gasteiger partial charge in [-0.25, -0.2) is 4.79 Å². The van der Waals surface area contributed by atoms with Gasteiger partial charge in [-0.3, -0.25) is 4.79 Å². The van der Waals surface area contributed by atoms with Gasteiger partial charge in [-0.2, -0.15) is 0 Å². The Labute approximate surface area is 180 Å². The predicted molar refractivity (Wildman–Crippen MR) is 117 cm³/mol. The highest BCUT2D eigenvalue weighted by Crippen LogP contribution is 2.38.